The van der Waals surface area contributed by atoms with E-state index in [0.717, 1.165) is 27.1 Å². The fourth-order valence-electron chi connectivity index (χ4n) is 2.17. The lowest BCUT2D eigenvalue weighted by atomic mass is 10.2. The molecule has 1 amide bonds. The molecule has 0 aliphatic carbocycles. The molecule has 3 rings (SSSR count). The standard InChI is InChI=1S/C17H15ClN2OS2/c1-11-8-13(18)6-7-14(11)19-16(21)10-23-17-20-15-5-3-2-4-12(15)9-22-17/h2-8H,9-10H2,1H3,(H,19,21). The van der Waals surface area contributed by atoms with E-state index in [2.05, 4.69) is 16.4 Å². The number of carbonyl (C=O) groups is 1. The summed E-state index contributed by atoms with van der Waals surface area (Å²) in [5, 5.41) is 3.58. The minimum Gasteiger partial charge on any atom is -0.325 e. The van der Waals surface area contributed by atoms with Gasteiger partial charge in [-0.2, -0.15) is 0 Å². The van der Waals surface area contributed by atoms with Gasteiger partial charge in [0.05, 0.1) is 11.4 Å². The topological polar surface area (TPSA) is 41.5 Å². The van der Waals surface area contributed by atoms with E-state index in [1.807, 2.05) is 37.3 Å². The zero-order valence-electron chi connectivity index (χ0n) is 12.5. The van der Waals surface area contributed by atoms with Crippen LogP contribution in [0.1, 0.15) is 11.1 Å². The molecule has 0 bridgehead atoms. The van der Waals surface area contributed by atoms with Gasteiger partial charge in [-0.25, -0.2) is 4.99 Å². The minimum atomic E-state index is -0.0393. The molecule has 0 fully saturated rings. The van der Waals surface area contributed by atoms with E-state index < -0.39 is 0 Å². The summed E-state index contributed by atoms with van der Waals surface area (Å²) in [5.74, 6) is 1.21. The molecule has 0 atom stereocenters. The van der Waals surface area contributed by atoms with Crippen LogP contribution in [0.2, 0.25) is 5.02 Å². The Balaban J connectivity index is 1.58. The normalized spacial score (nSPS) is 13.2. The van der Waals surface area contributed by atoms with E-state index in [9.17, 15) is 4.79 Å². The van der Waals surface area contributed by atoms with Gasteiger partial charge in [0.25, 0.3) is 0 Å². The lowest BCUT2D eigenvalue weighted by Crippen LogP contribution is -2.15. The van der Waals surface area contributed by atoms with Crippen molar-refractivity contribution in [3.05, 3.63) is 58.6 Å². The lowest BCUT2D eigenvalue weighted by molar-refractivity contribution is -0.113. The molecule has 1 aliphatic rings. The molecule has 0 saturated carbocycles. The molecule has 1 N–H and O–H groups in total. The number of fused-ring (bicyclic) bond motifs is 1. The van der Waals surface area contributed by atoms with Crippen LogP contribution in [0.4, 0.5) is 11.4 Å². The van der Waals surface area contributed by atoms with Gasteiger partial charge in [0.15, 0.2) is 0 Å². The first-order chi connectivity index (χ1) is 11.1. The largest absolute Gasteiger partial charge is 0.325 e. The minimum absolute atomic E-state index is 0.0393. The summed E-state index contributed by atoms with van der Waals surface area (Å²) >= 11 is 9.07. The number of aliphatic imine (C=N–C) groups is 1. The van der Waals surface area contributed by atoms with E-state index in [0.29, 0.717) is 10.8 Å². The zero-order chi connectivity index (χ0) is 16.2. The molecule has 118 valence electrons. The number of amides is 1. The molecule has 1 aliphatic heterocycles. The fraction of sp³-hybridized carbons (Fsp3) is 0.176. The van der Waals surface area contributed by atoms with Crippen LogP contribution < -0.4 is 5.32 Å². The Hall–Kier alpha value is -1.43. The maximum Gasteiger partial charge on any atom is 0.234 e. The second-order valence-electron chi connectivity index (χ2n) is 5.09. The summed E-state index contributed by atoms with van der Waals surface area (Å²) in [5.41, 5.74) is 3.99. The zero-order valence-corrected chi connectivity index (χ0v) is 14.9. The molecule has 0 radical (unpaired) electrons. The Bertz CT molecular complexity index is 777. The number of carbonyl (C=O) groups excluding carboxylic acids is 1. The highest BCUT2D eigenvalue weighted by molar-refractivity contribution is 8.38. The van der Waals surface area contributed by atoms with Gasteiger partial charge < -0.3 is 5.32 Å². The van der Waals surface area contributed by atoms with Crippen molar-refractivity contribution in [1.29, 1.82) is 0 Å². The number of anilines is 1. The fourth-order valence-corrected chi connectivity index (χ4v) is 4.26. The van der Waals surface area contributed by atoms with Crippen LogP contribution in [0, 0.1) is 6.92 Å². The summed E-state index contributed by atoms with van der Waals surface area (Å²) in [7, 11) is 0. The number of halogens is 1. The van der Waals surface area contributed by atoms with Crippen molar-refractivity contribution in [2.75, 3.05) is 11.1 Å². The second-order valence-corrected chi connectivity index (χ2v) is 7.71. The van der Waals surface area contributed by atoms with Gasteiger partial charge in [0.2, 0.25) is 5.91 Å². The first-order valence-electron chi connectivity index (χ1n) is 7.10. The van der Waals surface area contributed by atoms with Crippen LogP contribution >= 0.6 is 35.1 Å². The van der Waals surface area contributed by atoms with Gasteiger partial charge in [-0.15, -0.1) is 0 Å². The van der Waals surface area contributed by atoms with Crippen LogP contribution in [0.25, 0.3) is 0 Å². The van der Waals surface area contributed by atoms with E-state index in [4.69, 9.17) is 11.6 Å². The van der Waals surface area contributed by atoms with Gasteiger partial charge in [-0.05, 0) is 42.3 Å². The Morgan fingerprint density at radius 2 is 2.17 bits per heavy atom. The molecule has 2 aromatic carbocycles. The van der Waals surface area contributed by atoms with E-state index in [-0.39, 0.29) is 5.91 Å². The number of thioether (sulfide) groups is 2. The van der Waals surface area contributed by atoms with Crippen molar-refractivity contribution in [1.82, 2.24) is 0 Å². The Morgan fingerprint density at radius 1 is 1.35 bits per heavy atom. The van der Waals surface area contributed by atoms with Gasteiger partial charge >= 0.3 is 0 Å². The van der Waals surface area contributed by atoms with Crippen molar-refractivity contribution in [3.63, 3.8) is 0 Å². The van der Waals surface area contributed by atoms with Gasteiger partial charge in [-0.3, -0.25) is 4.79 Å². The van der Waals surface area contributed by atoms with Crippen LogP contribution in [0.3, 0.4) is 0 Å². The molecule has 23 heavy (non-hydrogen) atoms. The van der Waals surface area contributed by atoms with Crippen molar-refractivity contribution < 1.29 is 4.79 Å². The van der Waals surface area contributed by atoms with Crippen molar-refractivity contribution in [2.24, 2.45) is 4.99 Å². The summed E-state index contributed by atoms with van der Waals surface area (Å²) in [4.78, 5) is 16.7. The van der Waals surface area contributed by atoms with Crippen molar-refractivity contribution >= 4 is 56.8 Å². The summed E-state index contributed by atoms with van der Waals surface area (Å²) in [6.45, 7) is 1.92. The van der Waals surface area contributed by atoms with Crippen molar-refractivity contribution in [2.45, 2.75) is 12.7 Å². The number of hydrogen-bond donors (Lipinski definition) is 1. The molecule has 0 spiro atoms. The molecular formula is C17H15ClN2OS2. The highest BCUT2D eigenvalue weighted by Crippen LogP contribution is 2.34. The summed E-state index contributed by atoms with van der Waals surface area (Å²) in [6.07, 6.45) is 0. The second kappa shape index (κ2) is 7.43. The van der Waals surface area contributed by atoms with Gasteiger partial charge in [0.1, 0.15) is 4.38 Å². The SMILES string of the molecule is Cc1cc(Cl)ccc1NC(=O)CSC1=Nc2ccccc2CS1. The predicted molar refractivity (Wildman–Crippen MR) is 102 cm³/mol. The number of benzene rings is 2. The lowest BCUT2D eigenvalue weighted by Gasteiger charge is -2.14. The predicted octanol–water partition coefficient (Wildman–Crippen LogP) is 5.25. The Labute approximate surface area is 148 Å². The number of rotatable bonds is 3. The average molecular weight is 363 g/mol. The average Bonchev–Trinajstić information content (AvgIpc) is 2.55. The Morgan fingerprint density at radius 3 is 3.00 bits per heavy atom. The molecule has 2 aromatic rings. The third kappa shape index (κ3) is 4.31. The summed E-state index contributed by atoms with van der Waals surface area (Å²) in [6, 6.07) is 13.5. The van der Waals surface area contributed by atoms with E-state index in [1.165, 1.54) is 17.3 Å². The number of hydrogen-bond acceptors (Lipinski definition) is 4. The third-order valence-electron chi connectivity index (χ3n) is 3.34. The van der Waals surface area contributed by atoms with Crippen LogP contribution in [0.15, 0.2) is 47.5 Å². The number of para-hydroxylation sites is 1. The maximum atomic E-state index is 12.1. The molecule has 1 heterocycles. The molecular weight excluding hydrogens is 348 g/mol. The third-order valence-corrected chi connectivity index (χ3v) is 5.82. The van der Waals surface area contributed by atoms with Gasteiger partial charge in [0, 0.05) is 16.5 Å². The van der Waals surface area contributed by atoms with E-state index >= 15 is 0 Å². The molecule has 3 nitrogen and oxygen atoms in total. The van der Waals surface area contributed by atoms with Crippen LogP contribution in [-0.2, 0) is 10.5 Å². The van der Waals surface area contributed by atoms with Crippen LogP contribution in [-0.4, -0.2) is 16.0 Å². The highest BCUT2D eigenvalue weighted by atomic mass is 35.5. The van der Waals surface area contributed by atoms with E-state index in [1.54, 1.807) is 17.8 Å². The monoisotopic (exact) mass is 362 g/mol. The Kier molecular flexibility index (Phi) is 5.30. The highest BCUT2D eigenvalue weighted by Gasteiger charge is 2.14. The first kappa shape index (κ1) is 16.4. The quantitative estimate of drug-likeness (QED) is 0.810. The molecule has 0 aromatic heterocycles. The summed E-state index contributed by atoms with van der Waals surface area (Å²) < 4.78 is 0.937. The van der Waals surface area contributed by atoms with Crippen molar-refractivity contribution in [3.8, 4) is 0 Å². The number of nitrogens with zero attached hydrogens (tertiary/aromatic N) is 1. The number of aryl methyl sites for hydroxylation is 1. The smallest absolute Gasteiger partial charge is 0.234 e. The number of nitrogens with one attached hydrogen (secondary N) is 1. The molecule has 0 saturated heterocycles. The van der Waals surface area contributed by atoms with Gasteiger partial charge in [-0.1, -0.05) is 53.3 Å². The van der Waals surface area contributed by atoms with Crippen LogP contribution in [0.5, 0.6) is 0 Å². The maximum absolute atomic E-state index is 12.1. The first-order valence-corrected chi connectivity index (χ1v) is 9.45. The molecule has 0 unspecified atom stereocenters. The molecule has 6 heteroatoms.